The van der Waals surface area contributed by atoms with Crippen LogP contribution in [0.15, 0.2) is 48.0 Å². The summed E-state index contributed by atoms with van der Waals surface area (Å²) in [5.41, 5.74) is 9.29. The van der Waals surface area contributed by atoms with Crippen molar-refractivity contribution in [3.63, 3.8) is 0 Å². The Bertz CT molecular complexity index is 708. The minimum atomic E-state index is -0.110. The van der Waals surface area contributed by atoms with Crippen LogP contribution < -0.4 is 5.73 Å². The number of rotatable bonds is 3. The highest BCUT2D eigenvalue weighted by molar-refractivity contribution is 7.17. The zero-order chi connectivity index (χ0) is 13.2. The lowest BCUT2D eigenvalue weighted by Gasteiger charge is -2.12. The summed E-state index contributed by atoms with van der Waals surface area (Å²) in [6, 6.07) is 11.2. The Morgan fingerprint density at radius 3 is 3.00 bits per heavy atom. The number of hydrogen-bond donors (Lipinski definition) is 2. The molecule has 3 nitrogen and oxygen atoms in total. The highest BCUT2D eigenvalue weighted by Crippen LogP contribution is 2.24. The number of nitrogens with two attached hydrogens (primary N) is 1. The molecule has 0 saturated heterocycles. The van der Waals surface area contributed by atoms with E-state index in [1.165, 1.54) is 0 Å². The van der Waals surface area contributed by atoms with E-state index < -0.39 is 0 Å². The minimum absolute atomic E-state index is 0.110. The smallest absolute Gasteiger partial charge is 0.115 e. The standard InChI is InChI=1S/C15H14N2OS/c16-13(7-10-2-1-3-12(18)6-10)11-8-15-14(17-9-11)4-5-19-15/h1-6,8-9,13,18H,7,16H2. The second-order valence-corrected chi connectivity index (χ2v) is 5.50. The van der Waals surface area contributed by atoms with Crippen molar-refractivity contribution in [3.8, 4) is 5.75 Å². The molecular formula is C15H14N2OS. The summed E-state index contributed by atoms with van der Waals surface area (Å²) in [6.07, 6.45) is 2.52. The number of phenolic OH excluding ortho intramolecular Hbond substituents is 1. The molecule has 4 heteroatoms. The summed E-state index contributed by atoms with van der Waals surface area (Å²) in [7, 11) is 0. The molecule has 1 atom stereocenters. The van der Waals surface area contributed by atoms with Crippen LogP contribution in [0.1, 0.15) is 17.2 Å². The van der Waals surface area contributed by atoms with Crippen LogP contribution in [0.2, 0.25) is 0 Å². The fourth-order valence-corrected chi connectivity index (χ4v) is 2.91. The molecule has 0 amide bonds. The summed E-state index contributed by atoms with van der Waals surface area (Å²) in [6.45, 7) is 0. The minimum Gasteiger partial charge on any atom is -0.508 e. The molecule has 0 saturated carbocycles. The van der Waals surface area contributed by atoms with Gasteiger partial charge in [-0.15, -0.1) is 11.3 Å². The van der Waals surface area contributed by atoms with Gasteiger partial charge in [0.15, 0.2) is 0 Å². The van der Waals surface area contributed by atoms with Crippen LogP contribution in [0.3, 0.4) is 0 Å². The molecule has 0 spiro atoms. The second-order valence-electron chi connectivity index (χ2n) is 4.55. The molecule has 0 aliphatic rings. The second kappa shape index (κ2) is 4.99. The zero-order valence-electron chi connectivity index (χ0n) is 10.3. The highest BCUT2D eigenvalue weighted by Gasteiger charge is 2.09. The maximum absolute atomic E-state index is 9.46. The van der Waals surface area contributed by atoms with E-state index in [0.29, 0.717) is 6.42 Å². The fraction of sp³-hybridized carbons (Fsp3) is 0.133. The third-order valence-corrected chi connectivity index (χ3v) is 3.97. The molecule has 3 aromatic rings. The normalized spacial score (nSPS) is 12.7. The molecule has 0 aliphatic carbocycles. The summed E-state index contributed by atoms with van der Waals surface area (Å²) in [4.78, 5) is 4.40. The molecular weight excluding hydrogens is 256 g/mol. The third-order valence-electron chi connectivity index (χ3n) is 3.12. The molecule has 1 unspecified atom stereocenters. The van der Waals surface area contributed by atoms with Crippen LogP contribution >= 0.6 is 11.3 Å². The topological polar surface area (TPSA) is 59.1 Å². The molecule has 19 heavy (non-hydrogen) atoms. The Kier molecular flexibility index (Phi) is 3.19. The first-order chi connectivity index (χ1) is 9.22. The van der Waals surface area contributed by atoms with Crippen molar-refractivity contribution < 1.29 is 5.11 Å². The Morgan fingerprint density at radius 1 is 1.26 bits per heavy atom. The lowest BCUT2D eigenvalue weighted by Crippen LogP contribution is -2.13. The van der Waals surface area contributed by atoms with Gasteiger partial charge in [-0.25, -0.2) is 0 Å². The Labute approximate surface area is 115 Å². The third kappa shape index (κ3) is 2.59. The summed E-state index contributed by atoms with van der Waals surface area (Å²) in [5.74, 6) is 0.275. The summed E-state index contributed by atoms with van der Waals surface area (Å²) in [5, 5.41) is 11.5. The number of aromatic hydroxyl groups is 1. The fourth-order valence-electron chi connectivity index (χ4n) is 2.12. The monoisotopic (exact) mass is 270 g/mol. The summed E-state index contributed by atoms with van der Waals surface area (Å²) < 4.78 is 1.16. The van der Waals surface area contributed by atoms with E-state index in [1.54, 1.807) is 23.5 Å². The average molecular weight is 270 g/mol. The highest BCUT2D eigenvalue weighted by atomic mass is 32.1. The molecule has 0 bridgehead atoms. The lowest BCUT2D eigenvalue weighted by atomic mass is 10.0. The molecule has 2 heterocycles. The first-order valence-corrected chi connectivity index (χ1v) is 6.97. The molecule has 0 fully saturated rings. The van der Waals surface area contributed by atoms with Crippen LogP contribution in [0.25, 0.3) is 10.2 Å². The van der Waals surface area contributed by atoms with E-state index in [9.17, 15) is 5.11 Å². The van der Waals surface area contributed by atoms with Crippen molar-refractivity contribution in [2.24, 2.45) is 5.73 Å². The van der Waals surface area contributed by atoms with Gasteiger partial charge in [0.05, 0.1) is 10.2 Å². The average Bonchev–Trinajstić information content (AvgIpc) is 2.85. The molecule has 0 aliphatic heterocycles. The summed E-state index contributed by atoms with van der Waals surface area (Å²) >= 11 is 1.67. The molecule has 0 radical (unpaired) electrons. The zero-order valence-corrected chi connectivity index (χ0v) is 11.1. The van der Waals surface area contributed by atoms with Gasteiger partial charge in [-0.05, 0) is 47.2 Å². The van der Waals surface area contributed by atoms with Crippen molar-refractivity contribution in [1.29, 1.82) is 0 Å². The van der Waals surface area contributed by atoms with Crippen molar-refractivity contribution in [2.75, 3.05) is 0 Å². The van der Waals surface area contributed by atoms with Crippen LogP contribution in [-0.2, 0) is 6.42 Å². The van der Waals surface area contributed by atoms with Crippen LogP contribution in [0.4, 0.5) is 0 Å². The van der Waals surface area contributed by atoms with E-state index in [0.717, 1.165) is 21.3 Å². The SMILES string of the molecule is NC(Cc1cccc(O)c1)c1cnc2ccsc2c1. The molecule has 3 N–H and O–H groups in total. The van der Waals surface area contributed by atoms with Crippen molar-refractivity contribution in [3.05, 3.63) is 59.1 Å². The van der Waals surface area contributed by atoms with Gasteiger partial charge in [0.1, 0.15) is 5.75 Å². The number of phenols is 1. The number of fused-ring (bicyclic) bond motifs is 1. The van der Waals surface area contributed by atoms with Gasteiger partial charge in [0.2, 0.25) is 0 Å². The number of aromatic nitrogens is 1. The van der Waals surface area contributed by atoms with Gasteiger partial charge < -0.3 is 10.8 Å². The van der Waals surface area contributed by atoms with Crippen LogP contribution in [0, 0.1) is 0 Å². The predicted molar refractivity (Wildman–Crippen MR) is 78.4 cm³/mol. The molecule has 2 aromatic heterocycles. The molecule has 1 aromatic carbocycles. The number of pyridine rings is 1. The van der Waals surface area contributed by atoms with Gasteiger partial charge in [-0.3, -0.25) is 4.98 Å². The Balaban J connectivity index is 1.84. The number of hydrogen-bond acceptors (Lipinski definition) is 4. The molecule has 3 rings (SSSR count). The number of thiophene rings is 1. The van der Waals surface area contributed by atoms with Crippen molar-refractivity contribution in [2.45, 2.75) is 12.5 Å². The van der Waals surface area contributed by atoms with Crippen LogP contribution in [-0.4, -0.2) is 10.1 Å². The lowest BCUT2D eigenvalue weighted by molar-refractivity contribution is 0.474. The number of nitrogens with zero attached hydrogens (tertiary/aromatic N) is 1. The molecule has 96 valence electrons. The van der Waals surface area contributed by atoms with Crippen LogP contribution in [0.5, 0.6) is 5.75 Å². The predicted octanol–water partition coefficient (Wildman–Crippen LogP) is 3.24. The van der Waals surface area contributed by atoms with E-state index >= 15 is 0 Å². The van der Waals surface area contributed by atoms with Gasteiger partial charge in [-0.1, -0.05) is 12.1 Å². The van der Waals surface area contributed by atoms with E-state index in [1.807, 2.05) is 29.8 Å². The van der Waals surface area contributed by atoms with Gasteiger partial charge in [-0.2, -0.15) is 0 Å². The van der Waals surface area contributed by atoms with Gasteiger partial charge in [0, 0.05) is 12.2 Å². The Hall–Kier alpha value is -1.91. The maximum atomic E-state index is 9.46. The quantitative estimate of drug-likeness (QED) is 0.768. The Morgan fingerprint density at radius 2 is 2.16 bits per heavy atom. The first-order valence-electron chi connectivity index (χ1n) is 6.09. The van der Waals surface area contributed by atoms with E-state index in [4.69, 9.17) is 5.73 Å². The maximum Gasteiger partial charge on any atom is 0.115 e. The van der Waals surface area contributed by atoms with E-state index in [2.05, 4.69) is 11.1 Å². The largest absolute Gasteiger partial charge is 0.508 e. The van der Waals surface area contributed by atoms with Gasteiger partial charge >= 0.3 is 0 Å². The number of benzene rings is 1. The van der Waals surface area contributed by atoms with Crippen molar-refractivity contribution in [1.82, 2.24) is 4.98 Å². The van der Waals surface area contributed by atoms with Gasteiger partial charge in [0.25, 0.3) is 0 Å². The van der Waals surface area contributed by atoms with Crippen molar-refractivity contribution >= 4 is 21.6 Å². The van der Waals surface area contributed by atoms with E-state index in [-0.39, 0.29) is 11.8 Å². The first kappa shape index (κ1) is 12.1.